The Bertz CT molecular complexity index is 863. The predicted molar refractivity (Wildman–Crippen MR) is 104 cm³/mol. The molecule has 1 aliphatic rings. The van der Waals surface area contributed by atoms with Crippen LogP contribution in [-0.4, -0.2) is 25.2 Å². The van der Waals surface area contributed by atoms with E-state index in [1.807, 2.05) is 25.1 Å². The minimum Gasteiger partial charge on any atom is -0.454 e. The number of para-hydroxylation sites is 1. The number of carbonyl (C=O) groups is 2. The maximum Gasteiger partial charge on any atom is 0.231 e. The zero-order valence-corrected chi connectivity index (χ0v) is 15.9. The molecule has 6 heteroatoms. The fourth-order valence-electron chi connectivity index (χ4n) is 3.14. The third kappa shape index (κ3) is 4.22. The number of nitrogens with zero attached hydrogens (tertiary/aromatic N) is 1. The number of carbonyl (C=O) groups excluding carboxylic acids is 2. The minimum absolute atomic E-state index is 0.119. The number of fused-ring (bicyclic) bond motifs is 1. The van der Waals surface area contributed by atoms with Crippen molar-refractivity contribution < 1.29 is 19.1 Å². The molecule has 3 rings (SSSR count). The third-order valence-electron chi connectivity index (χ3n) is 4.61. The standard InChI is InChI=1S/C21H24N2O4/c1-4-16-7-5-6-14(2)21(16)22-20(25)10-11-23(15(3)24)17-8-9-18-19(12-17)27-13-26-18/h5-9,12H,4,10-11,13H2,1-3H3,(H,22,25). The Kier molecular flexibility index (Phi) is 5.64. The van der Waals surface area contributed by atoms with Crippen LogP contribution in [0.25, 0.3) is 0 Å². The van der Waals surface area contributed by atoms with E-state index in [-0.39, 0.29) is 31.6 Å². The summed E-state index contributed by atoms with van der Waals surface area (Å²) >= 11 is 0. The Morgan fingerprint density at radius 2 is 1.93 bits per heavy atom. The van der Waals surface area contributed by atoms with Gasteiger partial charge in [-0.3, -0.25) is 9.59 Å². The second kappa shape index (κ2) is 8.12. The van der Waals surface area contributed by atoms with E-state index in [0.717, 1.165) is 23.2 Å². The Morgan fingerprint density at radius 3 is 2.67 bits per heavy atom. The predicted octanol–water partition coefficient (Wildman–Crippen LogP) is 3.67. The fourth-order valence-corrected chi connectivity index (χ4v) is 3.14. The van der Waals surface area contributed by atoms with Gasteiger partial charge < -0.3 is 19.7 Å². The van der Waals surface area contributed by atoms with Gasteiger partial charge in [-0.05, 0) is 36.6 Å². The Labute approximate surface area is 159 Å². The highest BCUT2D eigenvalue weighted by Gasteiger charge is 2.19. The molecule has 1 aliphatic heterocycles. The van der Waals surface area contributed by atoms with Gasteiger partial charge in [0.05, 0.1) is 0 Å². The van der Waals surface area contributed by atoms with Crippen molar-refractivity contribution in [2.75, 3.05) is 23.6 Å². The normalized spacial score (nSPS) is 12.0. The highest BCUT2D eigenvalue weighted by molar-refractivity contribution is 5.95. The molecular weight excluding hydrogens is 344 g/mol. The first-order valence-corrected chi connectivity index (χ1v) is 9.05. The van der Waals surface area contributed by atoms with Crippen molar-refractivity contribution in [1.29, 1.82) is 0 Å². The molecule has 0 atom stereocenters. The summed E-state index contributed by atoms with van der Waals surface area (Å²) in [5, 5.41) is 3.00. The molecule has 1 N–H and O–H groups in total. The molecule has 0 radical (unpaired) electrons. The lowest BCUT2D eigenvalue weighted by atomic mass is 10.1. The van der Waals surface area contributed by atoms with Gasteiger partial charge in [0.2, 0.25) is 18.6 Å². The number of ether oxygens (including phenoxy) is 2. The van der Waals surface area contributed by atoms with Crippen LogP contribution in [0, 0.1) is 6.92 Å². The number of nitrogens with one attached hydrogen (secondary N) is 1. The zero-order valence-electron chi connectivity index (χ0n) is 15.9. The van der Waals surface area contributed by atoms with Crippen LogP contribution in [0.1, 0.15) is 31.4 Å². The first kappa shape index (κ1) is 18.8. The lowest BCUT2D eigenvalue weighted by Crippen LogP contribution is -2.32. The van der Waals surface area contributed by atoms with Gasteiger partial charge in [0.15, 0.2) is 11.5 Å². The summed E-state index contributed by atoms with van der Waals surface area (Å²) in [6.07, 6.45) is 1.04. The average molecular weight is 368 g/mol. The second-order valence-corrected chi connectivity index (χ2v) is 6.47. The van der Waals surface area contributed by atoms with Gasteiger partial charge in [-0.2, -0.15) is 0 Å². The van der Waals surface area contributed by atoms with Crippen LogP contribution in [0.5, 0.6) is 11.5 Å². The molecule has 0 aromatic heterocycles. The number of amides is 2. The van der Waals surface area contributed by atoms with Crippen molar-refractivity contribution in [3.8, 4) is 11.5 Å². The van der Waals surface area contributed by atoms with Gasteiger partial charge in [-0.1, -0.05) is 25.1 Å². The second-order valence-electron chi connectivity index (χ2n) is 6.47. The summed E-state index contributed by atoms with van der Waals surface area (Å²) in [6.45, 7) is 5.98. The quantitative estimate of drug-likeness (QED) is 0.845. The molecule has 0 aliphatic carbocycles. The van der Waals surface area contributed by atoms with Gasteiger partial charge >= 0.3 is 0 Å². The molecule has 142 valence electrons. The van der Waals surface area contributed by atoms with Crippen molar-refractivity contribution in [1.82, 2.24) is 0 Å². The van der Waals surface area contributed by atoms with E-state index in [2.05, 4.69) is 12.2 Å². The van der Waals surface area contributed by atoms with Crippen molar-refractivity contribution in [3.05, 3.63) is 47.5 Å². The van der Waals surface area contributed by atoms with Gasteiger partial charge in [-0.15, -0.1) is 0 Å². The summed E-state index contributed by atoms with van der Waals surface area (Å²) in [5.41, 5.74) is 3.68. The molecule has 2 aromatic rings. The molecule has 0 spiro atoms. The number of aryl methyl sites for hydroxylation is 2. The summed E-state index contributed by atoms with van der Waals surface area (Å²) < 4.78 is 10.7. The van der Waals surface area contributed by atoms with E-state index >= 15 is 0 Å². The minimum atomic E-state index is -0.133. The molecule has 27 heavy (non-hydrogen) atoms. The van der Waals surface area contributed by atoms with Crippen LogP contribution in [0.3, 0.4) is 0 Å². The van der Waals surface area contributed by atoms with E-state index in [4.69, 9.17) is 9.47 Å². The monoisotopic (exact) mass is 368 g/mol. The van der Waals surface area contributed by atoms with Crippen molar-refractivity contribution in [2.45, 2.75) is 33.6 Å². The van der Waals surface area contributed by atoms with Crippen molar-refractivity contribution >= 4 is 23.2 Å². The molecule has 0 saturated carbocycles. The SMILES string of the molecule is CCc1cccc(C)c1NC(=O)CCN(C(C)=O)c1ccc2c(c1)OCO2. The first-order chi connectivity index (χ1) is 13.0. The summed E-state index contributed by atoms with van der Waals surface area (Å²) in [7, 11) is 0. The summed E-state index contributed by atoms with van der Waals surface area (Å²) in [5.74, 6) is 1.01. The lowest BCUT2D eigenvalue weighted by Gasteiger charge is -2.21. The first-order valence-electron chi connectivity index (χ1n) is 9.05. The maximum absolute atomic E-state index is 12.5. The largest absolute Gasteiger partial charge is 0.454 e. The topological polar surface area (TPSA) is 67.9 Å². The molecule has 0 unspecified atom stereocenters. The van der Waals surface area contributed by atoms with Gasteiger partial charge in [0.25, 0.3) is 0 Å². The smallest absolute Gasteiger partial charge is 0.231 e. The number of benzene rings is 2. The fraction of sp³-hybridized carbons (Fsp3) is 0.333. The van der Waals surface area contributed by atoms with Crippen LogP contribution in [-0.2, 0) is 16.0 Å². The molecular formula is C21H24N2O4. The molecule has 6 nitrogen and oxygen atoms in total. The molecule has 2 amide bonds. The lowest BCUT2D eigenvalue weighted by molar-refractivity contribution is -0.117. The van der Waals surface area contributed by atoms with E-state index in [1.165, 1.54) is 6.92 Å². The molecule has 0 fully saturated rings. The van der Waals surface area contributed by atoms with Crippen LogP contribution in [0.2, 0.25) is 0 Å². The van der Waals surface area contributed by atoms with E-state index in [0.29, 0.717) is 17.2 Å². The van der Waals surface area contributed by atoms with E-state index < -0.39 is 0 Å². The van der Waals surface area contributed by atoms with Crippen molar-refractivity contribution in [2.24, 2.45) is 0 Å². The van der Waals surface area contributed by atoms with Crippen LogP contribution in [0.15, 0.2) is 36.4 Å². The molecule has 1 heterocycles. The number of hydrogen-bond donors (Lipinski definition) is 1. The number of rotatable bonds is 6. The highest BCUT2D eigenvalue weighted by Crippen LogP contribution is 2.35. The van der Waals surface area contributed by atoms with Crippen molar-refractivity contribution in [3.63, 3.8) is 0 Å². The van der Waals surface area contributed by atoms with Crippen LogP contribution in [0.4, 0.5) is 11.4 Å². The van der Waals surface area contributed by atoms with Crippen LogP contribution < -0.4 is 19.7 Å². The highest BCUT2D eigenvalue weighted by atomic mass is 16.7. The van der Waals surface area contributed by atoms with E-state index in [9.17, 15) is 9.59 Å². The molecule has 2 aromatic carbocycles. The average Bonchev–Trinajstić information content (AvgIpc) is 3.11. The Hall–Kier alpha value is -3.02. The Balaban J connectivity index is 1.68. The summed E-state index contributed by atoms with van der Waals surface area (Å²) in [6, 6.07) is 11.3. The van der Waals surface area contributed by atoms with Gasteiger partial charge in [0, 0.05) is 37.3 Å². The van der Waals surface area contributed by atoms with E-state index in [1.54, 1.807) is 23.1 Å². The Morgan fingerprint density at radius 1 is 1.15 bits per heavy atom. The third-order valence-corrected chi connectivity index (χ3v) is 4.61. The number of anilines is 2. The van der Waals surface area contributed by atoms with Gasteiger partial charge in [-0.25, -0.2) is 0 Å². The molecule has 0 saturated heterocycles. The van der Waals surface area contributed by atoms with Crippen LogP contribution >= 0.6 is 0 Å². The number of hydrogen-bond acceptors (Lipinski definition) is 4. The zero-order chi connectivity index (χ0) is 19.4. The maximum atomic E-state index is 12.5. The van der Waals surface area contributed by atoms with Gasteiger partial charge in [0.1, 0.15) is 0 Å². The summed E-state index contributed by atoms with van der Waals surface area (Å²) in [4.78, 5) is 26.1. The molecule has 0 bridgehead atoms.